The molecule has 0 aromatic carbocycles. The highest BCUT2D eigenvalue weighted by molar-refractivity contribution is 5.86. The number of carbonyl (C=O) groups excluding carboxylic acids is 1. The third kappa shape index (κ3) is 2.67. The number of rotatable bonds is 2. The summed E-state index contributed by atoms with van der Waals surface area (Å²) in [6, 6.07) is 2.39. The Morgan fingerprint density at radius 3 is 2.61 bits per heavy atom. The Labute approximate surface area is 109 Å². The van der Waals surface area contributed by atoms with Crippen molar-refractivity contribution in [3.63, 3.8) is 0 Å². The summed E-state index contributed by atoms with van der Waals surface area (Å²) in [4.78, 5) is 12.3. The fourth-order valence-electron chi connectivity index (χ4n) is 3.05. The number of carbonyl (C=O) groups is 1. The first kappa shape index (κ1) is 13.4. The summed E-state index contributed by atoms with van der Waals surface area (Å²) in [6.45, 7) is 4.76. The summed E-state index contributed by atoms with van der Waals surface area (Å²) in [5.74, 6) is -0.0646. The lowest BCUT2D eigenvalue weighted by atomic mass is 9.85. The van der Waals surface area contributed by atoms with E-state index in [1.807, 2.05) is 13.8 Å². The molecular weight excluding hydrogens is 228 g/mol. The van der Waals surface area contributed by atoms with Gasteiger partial charge in [-0.15, -0.1) is 0 Å². The van der Waals surface area contributed by atoms with E-state index in [0.29, 0.717) is 19.4 Å². The van der Waals surface area contributed by atoms with Crippen LogP contribution in [0.15, 0.2) is 0 Å². The van der Waals surface area contributed by atoms with Crippen molar-refractivity contribution in [2.75, 3.05) is 6.61 Å². The molecule has 0 bridgehead atoms. The van der Waals surface area contributed by atoms with E-state index in [2.05, 4.69) is 11.4 Å². The van der Waals surface area contributed by atoms with Crippen molar-refractivity contribution in [3.8, 4) is 6.07 Å². The van der Waals surface area contributed by atoms with E-state index in [1.165, 1.54) is 0 Å². The molecule has 0 aromatic rings. The van der Waals surface area contributed by atoms with Gasteiger partial charge >= 0.3 is 0 Å². The minimum Gasteiger partial charge on any atom is -0.375 e. The minimum atomic E-state index is -0.761. The molecule has 2 aliphatic rings. The van der Waals surface area contributed by atoms with Crippen LogP contribution >= 0.6 is 0 Å². The number of nitriles is 1. The molecule has 1 aliphatic carbocycles. The van der Waals surface area contributed by atoms with Gasteiger partial charge in [-0.05, 0) is 39.5 Å². The summed E-state index contributed by atoms with van der Waals surface area (Å²) in [7, 11) is 0. The van der Waals surface area contributed by atoms with Crippen molar-refractivity contribution in [2.24, 2.45) is 5.41 Å². The first-order valence-corrected chi connectivity index (χ1v) is 6.84. The normalized spacial score (nSPS) is 29.5. The van der Waals surface area contributed by atoms with Gasteiger partial charge in [-0.1, -0.05) is 12.8 Å². The Bertz CT molecular complexity index is 364. The van der Waals surface area contributed by atoms with Gasteiger partial charge in [0.25, 0.3) is 0 Å². The second kappa shape index (κ2) is 4.89. The quantitative estimate of drug-likeness (QED) is 0.816. The van der Waals surface area contributed by atoms with E-state index in [1.54, 1.807) is 0 Å². The molecular formula is C14H22N2O2. The number of hydrogen-bond acceptors (Lipinski definition) is 3. The van der Waals surface area contributed by atoms with Gasteiger partial charge < -0.3 is 10.1 Å². The molecule has 1 saturated heterocycles. The van der Waals surface area contributed by atoms with Crippen LogP contribution in [0.2, 0.25) is 0 Å². The SMILES string of the molecule is CC1(C)CC(NC(=O)C2(C#N)CCCC2)CCO1. The van der Waals surface area contributed by atoms with Crippen LogP contribution in [-0.4, -0.2) is 24.2 Å². The number of nitrogens with one attached hydrogen (secondary N) is 1. The van der Waals surface area contributed by atoms with E-state index in [4.69, 9.17) is 4.74 Å². The van der Waals surface area contributed by atoms with Gasteiger partial charge in [0.15, 0.2) is 0 Å². The smallest absolute Gasteiger partial charge is 0.240 e. The van der Waals surface area contributed by atoms with Gasteiger partial charge in [0.1, 0.15) is 5.41 Å². The first-order valence-electron chi connectivity index (χ1n) is 6.84. The van der Waals surface area contributed by atoms with E-state index >= 15 is 0 Å². The van der Waals surface area contributed by atoms with E-state index < -0.39 is 5.41 Å². The van der Waals surface area contributed by atoms with E-state index in [9.17, 15) is 10.1 Å². The Balaban J connectivity index is 1.97. The third-order valence-electron chi connectivity index (χ3n) is 4.14. The van der Waals surface area contributed by atoms with Gasteiger partial charge in [0.05, 0.1) is 11.7 Å². The lowest BCUT2D eigenvalue weighted by Gasteiger charge is -2.36. The van der Waals surface area contributed by atoms with Crippen LogP contribution < -0.4 is 5.32 Å². The van der Waals surface area contributed by atoms with Crippen LogP contribution in [0, 0.1) is 16.7 Å². The molecule has 1 atom stereocenters. The summed E-state index contributed by atoms with van der Waals surface area (Å²) >= 11 is 0. The Morgan fingerprint density at radius 1 is 1.39 bits per heavy atom. The summed E-state index contributed by atoms with van der Waals surface area (Å²) in [5.41, 5.74) is -0.936. The van der Waals surface area contributed by atoms with Crippen LogP contribution in [0.3, 0.4) is 0 Å². The largest absolute Gasteiger partial charge is 0.375 e. The highest BCUT2D eigenvalue weighted by atomic mass is 16.5. The second-order valence-electron chi connectivity index (χ2n) is 6.17. The number of nitrogens with zero attached hydrogens (tertiary/aromatic N) is 1. The molecule has 1 amide bonds. The minimum absolute atomic E-state index is 0.0646. The van der Waals surface area contributed by atoms with Crippen molar-refractivity contribution < 1.29 is 9.53 Å². The fraction of sp³-hybridized carbons (Fsp3) is 0.857. The molecule has 4 nitrogen and oxygen atoms in total. The maximum atomic E-state index is 12.3. The summed E-state index contributed by atoms with van der Waals surface area (Å²) in [5, 5.41) is 12.4. The van der Waals surface area contributed by atoms with Crippen molar-refractivity contribution in [1.82, 2.24) is 5.32 Å². The zero-order chi connectivity index (χ0) is 13.2. The van der Waals surface area contributed by atoms with Crippen molar-refractivity contribution in [3.05, 3.63) is 0 Å². The molecule has 1 N–H and O–H groups in total. The Morgan fingerprint density at radius 2 is 2.06 bits per heavy atom. The Kier molecular flexibility index (Phi) is 3.63. The van der Waals surface area contributed by atoms with Crippen LogP contribution in [0.4, 0.5) is 0 Å². The monoisotopic (exact) mass is 250 g/mol. The molecule has 1 unspecified atom stereocenters. The van der Waals surface area contributed by atoms with Crippen molar-refractivity contribution in [2.45, 2.75) is 64.0 Å². The molecule has 0 aromatic heterocycles. The van der Waals surface area contributed by atoms with Crippen LogP contribution in [0.25, 0.3) is 0 Å². The van der Waals surface area contributed by atoms with Gasteiger partial charge in [-0.2, -0.15) is 5.26 Å². The zero-order valence-corrected chi connectivity index (χ0v) is 11.3. The number of amides is 1. The predicted molar refractivity (Wildman–Crippen MR) is 67.7 cm³/mol. The average Bonchev–Trinajstić information content (AvgIpc) is 2.77. The summed E-state index contributed by atoms with van der Waals surface area (Å²) < 4.78 is 5.64. The molecule has 0 spiro atoms. The third-order valence-corrected chi connectivity index (χ3v) is 4.14. The molecule has 2 rings (SSSR count). The summed E-state index contributed by atoms with van der Waals surface area (Å²) in [6.07, 6.45) is 5.06. The standard InChI is InChI=1S/C14H22N2O2/c1-13(2)9-11(5-8-18-13)16-12(17)14(10-15)6-3-4-7-14/h11H,3-9H2,1-2H3,(H,16,17). The van der Waals surface area contributed by atoms with Crippen molar-refractivity contribution >= 4 is 5.91 Å². The van der Waals surface area contributed by atoms with Crippen LogP contribution in [-0.2, 0) is 9.53 Å². The zero-order valence-electron chi connectivity index (χ0n) is 11.3. The molecule has 18 heavy (non-hydrogen) atoms. The average molecular weight is 250 g/mol. The molecule has 1 heterocycles. The highest BCUT2D eigenvalue weighted by Gasteiger charge is 2.43. The second-order valence-corrected chi connectivity index (χ2v) is 6.17. The Hall–Kier alpha value is -1.08. The van der Waals surface area contributed by atoms with Gasteiger partial charge in [-0.3, -0.25) is 4.79 Å². The van der Waals surface area contributed by atoms with Crippen molar-refractivity contribution in [1.29, 1.82) is 5.26 Å². The molecule has 1 aliphatic heterocycles. The topological polar surface area (TPSA) is 62.1 Å². The molecule has 0 radical (unpaired) electrons. The molecule has 1 saturated carbocycles. The maximum absolute atomic E-state index is 12.3. The number of ether oxygens (including phenoxy) is 1. The van der Waals surface area contributed by atoms with Crippen LogP contribution in [0.5, 0.6) is 0 Å². The fourth-order valence-corrected chi connectivity index (χ4v) is 3.05. The molecule has 2 fully saturated rings. The van der Waals surface area contributed by atoms with Gasteiger partial charge in [0.2, 0.25) is 5.91 Å². The molecule has 100 valence electrons. The van der Waals surface area contributed by atoms with Gasteiger partial charge in [-0.25, -0.2) is 0 Å². The highest BCUT2D eigenvalue weighted by Crippen LogP contribution is 2.38. The van der Waals surface area contributed by atoms with E-state index in [0.717, 1.165) is 25.7 Å². The molecule has 4 heteroatoms. The van der Waals surface area contributed by atoms with Crippen LogP contribution in [0.1, 0.15) is 52.4 Å². The first-order chi connectivity index (χ1) is 8.47. The lowest BCUT2D eigenvalue weighted by Crippen LogP contribution is -2.49. The van der Waals surface area contributed by atoms with E-state index in [-0.39, 0.29) is 17.6 Å². The number of hydrogen-bond donors (Lipinski definition) is 1. The predicted octanol–water partition coefficient (Wildman–Crippen LogP) is 2.14. The maximum Gasteiger partial charge on any atom is 0.240 e. The lowest BCUT2D eigenvalue weighted by molar-refractivity contribution is -0.130. The van der Waals surface area contributed by atoms with Gasteiger partial charge in [0, 0.05) is 12.6 Å².